The number of halogens is 1. The molecule has 0 N–H and O–H groups in total. The van der Waals surface area contributed by atoms with Crippen LogP contribution in [0.1, 0.15) is 28.4 Å². The fraction of sp³-hybridized carbons (Fsp3) is 0.385. The maximum Gasteiger partial charge on any atom is 0.379 e. The first-order valence-corrected chi connectivity index (χ1v) is 6.28. The second kappa shape index (κ2) is 6.00. The van der Waals surface area contributed by atoms with Gasteiger partial charge in [-0.2, -0.15) is 0 Å². The van der Waals surface area contributed by atoms with E-state index in [0.29, 0.717) is 10.2 Å². The molecule has 0 aliphatic rings. The van der Waals surface area contributed by atoms with Gasteiger partial charge in [-0.25, -0.2) is 4.79 Å². The third-order valence-electron chi connectivity index (χ3n) is 2.48. The van der Waals surface area contributed by atoms with Gasteiger partial charge in [0.1, 0.15) is 5.75 Å². The lowest BCUT2D eigenvalue weighted by atomic mass is 10.0. The molecular formula is C13H15BrO4. The zero-order chi connectivity index (χ0) is 13.9. The number of hydrogen-bond acceptors (Lipinski definition) is 4. The number of ether oxygens (including phenoxy) is 2. The van der Waals surface area contributed by atoms with Crippen LogP contribution in [0.25, 0.3) is 0 Å². The van der Waals surface area contributed by atoms with Gasteiger partial charge in [0.2, 0.25) is 0 Å². The molecule has 18 heavy (non-hydrogen) atoms. The van der Waals surface area contributed by atoms with Crippen LogP contribution in [0.5, 0.6) is 5.75 Å². The van der Waals surface area contributed by atoms with Gasteiger partial charge in [0.25, 0.3) is 5.78 Å². The van der Waals surface area contributed by atoms with Gasteiger partial charge < -0.3 is 9.47 Å². The summed E-state index contributed by atoms with van der Waals surface area (Å²) in [5.41, 5.74) is 1.88. The molecule has 0 unspecified atom stereocenters. The van der Waals surface area contributed by atoms with Crippen molar-refractivity contribution in [2.24, 2.45) is 0 Å². The van der Waals surface area contributed by atoms with Crippen LogP contribution in [0, 0.1) is 13.8 Å². The molecule has 0 spiro atoms. The van der Waals surface area contributed by atoms with E-state index in [1.54, 1.807) is 6.92 Å². The largest absolute Gasteiger partial charge is 0.496 e. The highest BCUT2D eigenvalue weighted by Crippen LogP contribution is 2.33. The summed E-state index contributed by atoms with van der Waals surface area (Å²) in [4.78, 5) is 23.6. The van der Waals surface area contributed by atoms with Crippen LogP contribution in [-0.4, -0.2) is 25.5 Å². The highest BCUT2D eigenvalue weighted by Gasteiger charge is 2.26. The highest BCUT2D eigenvalue weighted by molar-refractivity contribution is 9.10. The summed E-state index contributed by atoms with van der Waals surface area (Å²) in [6, 6.07) is 1.88. The van der Waals surface area contributed by atoms with E-state index in [4.69, 9.17) is 9.47 Å². The molecule has 0 saturated carbocycles. The van der Waals surface area contributed by atoms with Gasteiger partial charge in [0.05, 0.1) is 19.3 Å². The molecular weight excluding hydrogens is 300 g/mol. The number of hydrogen-bond donors (Lipinski definition) is 0. The van der Waals surface area contributed by atoms with E-state index >= 15 is 0 Å². The summed E-state index contributed by atoms with van der Waals surface area (Å²) < 4.78 is 10.5. The van der Waals surface area contributed by atoms with Gasteiger partial charge in [-0.15, -0.1) is 0 Å². The molecule has 0 aliphatic heterocycles. The van der Waals surface area contributed by atoms with Crippen molar-refractivity contribution in [3.8, 4) is 5.75 Å². The number of benzene rings is 1. The first-order chi connectivity index (χ1) is 8.43. The van der Waals surface area contributed by atoms with E-state index in [-0.39, 0.29) is 12.2 Å². The van der Waals surface area contributed by atoms with Crippen molar-refractivity contribution in [2.45, 2.75) is 20.8 Å². The third-order valence-corrected chi connectivity index (χ3v) is 3.50. The van der Waals surface area contributed by atoms with Gasteiger partial charge in [-0.1, -0.05) is 6.07 Å². The van der Waals surface area contributed by atoms with Crippen LogP contribution in [0.2, 0.25) is 0 Å². The molecule has 0 heterocycles. The number of aryl methyl sites for hydroxylation is 2. The number of rotatable bonds is 4. The Balaban J connectivity index is 3.38. The molecule has 98 valence electrons. The molecule has 0 amide bonds. The molecule has 5 heteroatoms. The van der Waals surface area contributed by atoms with Gasteiger partial charge in [0, 0.05) is 4.47 Å². The lowest BCUT2D eigenvalue weighted by Gasteiger charge is -2.14. The maximum absolute atomic E-state index is 12.1. The Kier molecular flexibility index (Phi) is 4.90. The molecule has 0 bridgehead atoms. The van der Waals surface area contributed by atoms with Gasteiger partial charge in [-0.3, -0.25) is 4.79 Å². The first kappa shape index (κ1) is 14.7. The predicted octanol–water partition coefficient (Wildman–Crippen LogP) is 2.82. The van der Waals surface area contributed by atoms with Crippen molar-refractivity contribution in [1.29, 1.82) is 0 Å². The quantitative estimate of drug-likeness (QED) is 0.487. The van der Waals surface area contributed by atoms with Gasteiger partial charge in [0.15, 0.2) is 0 Å². The lowest BCUT2D eigenvalue weighted by molar-refractivity contribution is -0.137. The standard InChI is InChI=1S/C13H15BrO4/c1-5-18-13(16)11(15)9-10(14)7(2)6-8(3)12(9)17-4/h6H,5H2,1-4H3. The predicted molar refractivity (Wildman–Crippen MR) is 71.1 cm³/mol. The van der Waals surface area contributed by atoms with Crippen molar-refractivity contribution in [1.82, 2.24) is 0 Å². The fourth-order valence-corrected chi connectivity index (χ4v) is 2.19. The molecule has 0 aromatic heterocycles. The highest BCUT2D eigenvalue weighted by atomic mass is 79.9. The van der Waals surface area contributed by atoms with E-state index in [1.165, 1.54) is 7.11 Å². The first-order valence-electron chi connectivity index (χ1n) is 5.49. The summed E-state index contributed by atoms with van der Waals surface area (Å²) in [7, 11) is 1.46. The second-order valence-electron chi connectivity index (χ2n) is 3.78. The lowest BCUT2D eigenvalue weighted by Crippen LogP contribution is -2.19. The van der Waals surface area contributed by atoms with E-state index < -0.39 is 11.8 Å². The Hall–Kier alpha value is -1.36. The summed E-state index contributed by atoms with van der Waals surface area (Å²) in [6.45, 7) is 5.48. The fourth-order valence-electron chi connectivity index (χ4n) is 1.71. The smallest absolute Gasteiger partial charge is 0.379 e. The minimum atomic E-state index is -0.874. The number of ketones is 1. The van der Waals surface area contributed by atoms with Gasteiger partial charge in [-0.05, 0) is 47.8 Å². The molecule has 1 aromatic rings. The van der Waals surface area contributed by atoms with Crippen molar-refractivity contribution < 1.29 is 19.1 Å². The Morgan fingerprint density at radius 3 is 2.39 bits per heavy atom. The molecule has 1 aromatic carbocycles. The Morgan fingerprint density at radius 2 is 1.89 bits per heavy atom. The zero-order valence-electron chi connectivity index (χ0n) is 10.8. The SMILES string of the molecule is CCOC(=O)C(=O)c1c(Br)c(C)cc(C)c1OC. The minimum absolute atomic E-state index is 0.162. The average molecular weight is 315 g/mol. The molecule has 0 fully saturated rings. The summed E-state index contributed by atoms with van der Waals surface area (Å²) in [6.07, 6.45) is 0. The van der Waals surface area contributed by atoms with Crippen LogP contribution in [-0.2, 0) is 9.53 Å². The van der Waals surface area contributed by atoms with E-state index in [9.17, 15) is 9.59 Å². The van der Waals surface area contributed by atoms with Crippen molar-refractivity contribution in [3.05, 3.63) is 27.2 Å². The molecule has 4 nitrogen and oxygen atoms in total. The second-order valence-corrected chi connectivity index (χ2v) is 4.58. The third kappa shape index (κ3) is 2.72. The van der Waals surface area contributed by atoms with Crippen LogP contribution in [0.3, 0.4) is 0 Å². The van der Waals surface area contributed by atoms with Gasteiger partial charge >= 0.3 is 5.97 Å². The number of methoxy groups -OCH3 is 1. The summed E-state index contributed by atoms with van der Waals surface area (Å²) in [5.74, 6) is -1.18. The number of esters is 1. The Labute approximate surface area is 114 Å². The monoisotopic (exact) mass is 314 g/mol. The molecule has 0 atom stereocenters. The molecule has 0 saturated heterocycles. The van der Waals surface area contributed by atoms with Crippen LogP contribution in [0.15, 0.2) is 10.5 Å². The normalized spacial score (nSPS) is 10.1. The van der Waals surface area contributed by atoms with Crippen LogP contribution in [0.4, 0.5) is 0 Å². The van der Waals surface area contributed by atoms with E-state index in [2.05, 4.69) is 15.9 Å². The molecule has 1 rings (SSSR count). The number of carbonyl (C=O) groups is 2. The topological polar surface area (TPSA) is 52.6 Å². The van der Waals surface area contributed by atoms with E-state index in [1.807, 2.05) is 19.9 Å². The number of carbonyl (C=O) groups excluding carboxylic acids is 2. The molecule has 0 aliphatic carbocycles. The van der Waals surface area contributed by atoms with Crippen molar-refractivity contribution >= 4 is 27.7 Å². The van der Waals surface area contributed by atoms with E-state index in [0.717, 1.165) is 11.1 Å². The zero-order valence-corrected chi connectivity index (χ0v) is 12.4. The van der Waals surface area contributed by atoms with Crippen molar-refractivity contribution in [2.75, 3.05) is 13.7 Å². The summed E-state index contributed by atoms with van der Waals surface area (Å²) >= 11 is 3.32. The number of Topliss-reactive ketones (excluding diaryl/α,β-unsaturated/α-hetero) is 1. The maximum atomic E-state index is 12.1. The minimum Gasteiger partial charge on any atom is -0.496 e. The Bertz CT molecular complexity index is 494. The summed E-state index contributed by atoms with van der Waals surface area (Å²) in [5, 5.41) is 0. The molecule has 0 radical (unpaired) electrons. The Morgan fingerprint density at radius 1 is 1.28 bits per heavy atom. The average Bonchev–Trinajstić information content (AvgIpc) is 2.32. The van der Waals surface area contributed by atoms with Crippen LogP contribution >= 0.6 is 15.9 Å². The van der Waals surface area contributed by atoms with Crippen molar-refractivity contribution in [3.63, 3.8) is 0 Å². The van der Waals surface area contributed by atoms with Crippen LogP contribution < -0.4 is 4.74 Å².